The molecular weight excluding hydrogens is 265 g/mol. The summed E-state index contributed by atoms with van der Waals surface area (Å²) >= 11 is 11.2. The average molecular weight is 276 g/mol. The van der Waals surface area contributed by atoms with E-state index >= 15 is 0 Å². The maximum absolute atomic E-state index is 10.6. The number of amides is 1. The minimum Gasteiger partial charge on any atom is -0.481 e. The SMILES string of the molecule is NC(=O)c1ccc(Cl)cc1Cl.O=C(O)C1CC1. The Bertz CT molecular complexity index is 444. The van der Waals surface area contributed by atoms with E-state index in [-0.39, 0.29) is 16.5 Å². The van der Waals surface area contributed by atoms with Gasteiger partial charge in [0.25, 0.3) is 0 Å². The molecule has 1 aromatic rings. The van der Waals surface area contributed by atoms with Crippen LogP contribution in [-0.4, -0.2) is 17.0 Å². The second-order valence-electron chi connectivity index (χ2n) is 3.60. The summed E-state index contributed by atoms with van der Waals surface area (Å²) in [6, 6.07) is 4.53. The summed E-state index contributed by atoms with van der Waals surface area (Å²) < 4.78 is 0. The molecule has 1 saturated carbocycles. The second kappa shape index (κ2) is 5.89. The number of carboxylic acids is 1. The van der Waals surface area contributed by atoms with Crippen LogP contribution in [0.1, 0.15) is 23.2 Å². The fourth-order valence-corrected chi connectivity index (χ4v) is 1.52. The van der Waals surface area contributed by atoms with E-state index in [4.69, 9.17) is 34.0 Å². The second-order valence-corrected chi connectivity index (χ2v) is 4.44. The van der Waals surface area contributed by atoms with Gasteiger partial charge in [-0.2, -0.15) is 0 Å². The van der Waals surface area contributed by atoms with Crippen molar-refractivity contribution in [1.29, 1.82) is 0 Å². The van der Waals surface area contributed by atoms with Crippen molar-refractivity contribution in [3.05, 3.63) is 33.8 Å². The molecule has 4 nitrogen and oxygen atoms in total. The van der Waals surface area contributed by atoms with Crippen LogP contribution in [0.5, 0.6) is 0 Å². The molecule has 0 unspecified atom stereocenters. The van der Waals surface area contributed by atoms with Crippen molar-refractivity contribution < 1.29 is 14.7 Å². The number of primary amides is 1. The lowest BCUT2D eigenvalue weighted by Gasteiger charge is -1.97. The lowest BCUT2D eigenvalue weighted by Crippen LogP contribution is -2.11. The summed E-state index contributed by atoms with van der Waals surface area (Å²) in [6.07, 6.45) is 1.80. The third-order valence-corrected chi connectivity index (χ3v) is 2.67. The molecule has 1 aliphatic carbocycles. The van der Waals surface area contributed by atoms with Crippen molar-refractivity contribution in [3.63, 3.8) is 0 Å². The summed E-state index contributed by atoms with van der Waals surface area (Å²) in [5, 5.41) is 8.82. The van der Waals surface area contributed by atoms with Crippen LogP contribution in [0.2, 0.25) is 10.0 Å². The highest BCUT2D eigenvalue weighted by Crippen LogP contribution is 2.28. The largest absolute Gasteiger partial charge is 0.481 e. The number of benzene rings is 1. The molecule has 0 radical (unpaired) electrons. The molecule has 1 aromatic carbocycles. The summed E-state index contributed by atoms with van der Waals surface area (Å²) in [7, 11) is 0. The monoisotopic (exact) mass is 275 g/mol. The highest BCUT2D eigenvalue weighted by atomic mass is 35.5. The van der Waals surface area contributed by atoms with E-state index in [1.165, 1.54) is 12.1 Å². The van der Waals surface area contributed by atoms with E-state index in [2.05, 4.69) is 0 Å². The van der Waals surface area contributed by atoms with Gasteiger partial charge in [-0.3, -0.25) is 9.59 Å². The predicted octanol–water partition coefficient (Wildman–Crippen LogP) is 2.57. The first kappa shape index (κ1) is 13.8. The topological polar surface area (TPSA) is 80.4 Å². The maximum Gasteiger partial charge on any atom is 0.306 e. The molecule has 0 saturated heterocycles. The summed E-state index contributed by atoms with van der Waals surface area (Å²) in [5.74, 6) is -1.16. The minimum absolute atomic E-state index is 0.0185. The molecule has 0 bridgehead atoms. The van der Waals surface area contributed by atoms with Gasteiger partial charge in [0.2, 0.25) is 5.91 Å². The fourth-order valence-electron chi connectivity index (χ4n) is 1.02. The zero-order chi connectivity index (χ0) is 13.0. The molecule has 1 amide bonds. The van der Waals surface area contributed by atoms with Crippen LogP contribution in [0.4, 0.5) is 0 Å². The number of hydrogen-bond acceptors (Lipinski definition) is 2. The van der Waals surface area contributed by atoms with E-state index in [1.807, 2.05) is 0 Å². The van der Waals surface area contributed by atoms with Gasteiger partial charge in [0, 0.05) is 5.02 Å². The van der Waals surface area contributed by atoms with Gasteiger partial charge in [-0.1, -0.05) is 23.2 Å². The number of hydrogen-bond donors (Lipinski definition) is 2. The smallest absolute Gasteiger partial charge is 0.306 e. The highest BCUT2D eigenvalue weighted by Gasteiger charge is 2.28. The normalized spacial score (nSPS) is 13.5. The van der Waals surface area contributed by atoms with Crippen molar-refractivity contribution in [2.24, 2.45) is 11.7 Å². The van der Waals surface area contributed by atoms with Crippen LogP contribution >= 0.6 is 23.2 Å². The molecule has 3 N–H and O–H groups in total. The molecule has 0 aromatic heterocycles. The fraction of sp³-hybridized carbons (Fsp3) is 0.273. The molecule has 6 heteroatoms. The molecule has 2 rings (SSSR count). The number of carboxylic acid groups (broad SMARTS) is 1. The van der Waals surface area contributed by atoms with Gasteiger partial charge >= 0.3 is 5.97 Å². The Morgan fingerprint density at radius 3 is 2.18 bits per heavy atom. The number of nitrogens with two attached hydrogens (primary N) is 1. The van der Waals surface area contributed by atoms with Gasteiger partial charge in [0.05, 0.1) is 16.5 Å². The van der Waals surface area contributed by atoms with Gasteiger partial charge < -0.3 is 10.8 Å². The minimum atomic E-state index is -0.630. The zero-order valence-corrected chi connectivity index (χ0v) is 10.3. The van der Waals surface area contributed by atoms with Crippen molar-refractivity contribution in [3.8, 4) is 0 Å². The Kier molecular flexibility index (Phi) is 4.78. The van der Waals surface area contributed by atoms with Gasteiger partial charge in [-0.05, 0) is 31.0 Å². The zero-order valence-electron chi connectivity index (χ0n) is 8.82. The molecule has 0 heterocycles. The molecule has 0 atom stereocenters. The Balaban J connectivity index is 0.000000202. The van der Waals surface area contributed by atoms with Crippen LogP contribution in [0.25, 0.3) is 0 Å². The molecule has 17 heavy (non-hydrogen) atoms. The first-order valence-electron chi connectivity index (χ1n) is 4.89. The van der Waals surface area contributed by atoms with E-state index in [9.17, 15) is 9.59 Å². The quantitative estimate of drug-likeness (QED) is 0.871. The summed E-state index contributed by atoms with van der Waals surface area (Å²) in [5.41, 5.74) is 5.29. The van der Waals surface area contributed by atoms with Crippen LogP contribution in [0.15, 0.2) is 18.2 Å². The lowest BCUT2D eigenvalue weighted by molar-refractivity contribution is -0.138. The van der Waals surface area contributed by atoms with Gasteiger partial charge in [0.1, 0.15) is 0 Å². The van der Waals surface area contributed by atoms with E-state index in [1.54, 1.807) is 6.07 Å². The Morgan fingerprint density at radius 2 is 1.88 bits per heavy atom. The Labute approximate surface area is 108 Å². The number of carbonyl (C=O) groups excluding carboxylic acids is 1. The molecule has 92 valence electrons. The third-order valence-electron chi connectivity index (χ3n) is 2.12. The molecule has 1 fully saturated rings. The number of carbonyl (C=O) groups is 2. The molecule has 0 aliphatic heterocycles. The van der Waals surface area contributed by atoms with Gasteiger partial charge in [0.15, 0.2) is 0 Å². The van der Waals surface area contributed by atoms with Crippen molar-refractivity contribution in [1.82, 2.24) is 0 Å². The Morgan fingerprint density at radius 1 is 1.29 bits per heavy atom. The third kappa shape index (κ3) is 4.63. The van der Waals surface area contributed by atoms with Crippen LogP contribution in [0.3, 0.4) is 0 Å². The molecule has 1 aliphatic rings. The Hall–Kier alpha value is -1.26. The van der Waals surface area contributed by atoms with E-state index in [0.717, 1.165) is 12.8 Å². The number of halogens is 2. The lowest BCUT2D eigenvalue weighted by atomic mass is 10.2. The summed E-state index contributed by atoms with van der Waals surface area (Å²) in [6.45, 7) is 0. The van der Waals surface area contributed by atoms with E-state index < -0.39 is 11.9 Å². The van der Waals surface area contributed by atoms with E-state index in [0.29, 0.717) is 5.02 Å². The first-order chi connectivity index (χ1) is 7.91. The first-order valence-corrected chi connectivity index (χ1v) is 5.65. The van der Waals surface area contributed by atoms with Crippen LogP contribution in [-0.2, 0) is 4.79 Å². The van der Waals surface area contributed by atoms with Crippen molar-refractivity contribution in [2.45, 2.75) is 12.8 Å². The molecular formula is C11H11Cl2NO3. The van der Waals surface area contributed by atoms with Gasteiger partial charge in [-0.25, -0.2) is 0 Å². The maximum atomic E-state index is 10.6. The standard InChI is InChI=1S/C7H5Cl2NO.C4H6O2/c8-4-1-2-5(7(10)11)6(9)3-4;5-4(6)3-1-2-3/h1-3H,(H2,10,11);3H,1-2H2,(H,5,6). The molecule has 0 spiro atoms. The van der Waals surface area contributed by atoms with Crippen LogP contribution < -0.4 is 5.73 Å². The van der Waals surface area contributed by atoms with Crippen molar-refractivity contribution >= 4 is 35.1 Å². The van der Waals surface area contributed by atoms with Crippen LogP contribution in [0, 0.1) is 5.92 Å². The van der Waals surface area contributed by atoms with Crippen molar-refractivity contribution in [2.75, 3.05) is 0 Å². The number of rotatable bonds is 2. The van der Waals surface area contributed by atoms with Gasteiger partial charge in [-0.15, -0.1) is 0 Å². The summed E-state index contributed by atoms with van der Waals surface area (Å²) in [4.78, 5) is 20.4. The highest BCUT2D eigenvalue weighted by molar-refractivity contribution is 6.36. The predicted molar refractivity (Wildman–Crippen MR) is 65.3 cm³/mol. The average Bonchev–Trinajstić information content (AvgIpc) is 3.00. The number of aliphatic carboxylic acids is 1.